The van der Waals surface area contributed by atoms with Crippen molar-refractivity contribution in [3.63, 3.8) is 0 Å². The van der Waals surface area contributed by atoms with Crippen molar-refractivity contribution >= 4 is 11.8 Å². The molecule has 0 aliphatic carbocycles. The van der Waals surface area contributed by atoms with Gasteiger partial charge >= 0.3 is 0 Å². The van der Waals surface area contributed by atoms with Gasteiger partial charge in [0.1, 0.15) is 0 Å². The van der Waals surface area contributed by atoms with Crippen molar-refractivity contribution in [3.05, 3.63) is 0 Å². The lowest BCUT2D eigenvalue weighted by Gasteiger charge is -2.35. The average Bonchev–Trinajstić information content (AvgIpc) is 1.86. The van der Waals surface area contributed by atoms with Crippen LogP contribution in [0.15, 0.2) is 0 Å². The molecule has 0 aromatic carbocycles. The molecule has 1 heterocycles. The summed E-state index contributed by atoms with van der Waals surface area (Å²) in [5, 5.41) is 0.770. The number of hydrogen-bond acceptors (Lipinski definition) is 2. The first-order chi connectivity index (χ1) is 5.00. The molecule has 0 spiro atoms. The van der Waals surface area contributed by atoms with E-state index in [0.717, 1.165) is 5.25 Å². The number of thioether (sulfide) groups is 1. The molecular weight excluding hydrogens is 154 g/mol. The van der Waals surface area contributed by atoms with Gasteiger partial charge in [0.25, 0.3) is 0 Å². The van der Waals surface area contributed by atoms with Crippen molar-refractivity contribution in [2.75, 3.05) is 5.75 Å². The fourth-order valence-electron chi connectivity index (χ4n) is 1.43. The zero-order chi connectivity index (χ0) is 8.48. The molecule has 0 aromatic rings. The molecule has 1 fully saturated rings. The first kappa shape index (κ1) is 9.40. The molecule has 0 radical (unpaired) electrons. The van der Waals surface area contributed by atoms with Gasteiger partial charge in [0.15, 0.2) is 0 Å². The number of hydrogen-bond donors (Lipinski definition) is 1. The Morgan fingerprint density at radius 2 is 2.00 bits per heavy atom. The summed E-state index contributed by atoms with van der Waals surface area (Å²) < 4.78 is 0. The van der Waals surface area contributed by atoms with Crippen LogP contribution >= 0.6 is 11.8 Å². The van der Waals surface area contributed by atoms with E-state index in [0.29, 0.717) is 11.5 Å². The van der Waals surface area contributed by atoms with E-state index in [2.05, 4.69) is 32.5 Å². The lowest BCUT2D eigenvalue weighted by Crippen LogP contribution is -2.36. The molecule has 2 unspecified atom stereocenters. The normalized spacial score (nSPS) is 33.8. The Morgan fingerprint density at radius 1 is 1.36 bits per heavy atom. The summed E-state index contributed by atoms with van der Waals surface area (Å²) in [6, 6.07) is 0.459. The highest BCUT2D eigenvalue weighted by Gasteiger charge is 2.29. The second-order valence-corrected chi connectivity index (χ2v) is 5.82. The summed E-state index contributed by atoms with van der Waals surface area (Å²) in [5.41, 5.74) is 6.34. The topological polar surface area (TPSA) is 26.0 Å². The average molecular weight is 173 g/mol. The van der Waals surface area contributed by atoms with Gasteiger partial charge in [-0.05, 0) is 24.0 Å². The van der Waals surface area contributed by atoms with Crippen LogP contribution in [0.4, 0.5) is 0 Å². The second kappa shape index (κ2) is 3.36. The Hall–Kier alpha value is 0.310. The first-order valence-electron chi connectivity index (χ1n) is 4.37. The summed E-state index contributed by atoms with van der Waals surface area (Å²) in [6.07, 6.45) is 2.41. The lowest BCUT2D eigenvalue weighted by atomic mass is 9.87. The highest BCUT2D eigenvalue weighted by Crippen LogP contribution is 2.37. The molecule has 1 nitrogen and oxygen atoms in total. The molecule has 2 N–H and O–H groups in total. The van der Waals surface area contributed by atoms with E-state index in [9.17, 15) is 0 Å². The van der Waals surface area contributed by atoms with Crippen LogP contribution in [0, 0.1) is 5.41 Å². The summed E-state index contributed by atoms with van der Waals surface area (Å²) in [4.78, 5) is 0. The molecule has 0 amide bonds. The van der Waals surface area contributed by atoms with Crippen LogP contribution < -0.4 is 5.73 Å². The Labute approximate surface area is 74.1 Å². The van der Waals surface area contributed by atoms with E-state index in [4.69, 9.17) is 5.73 Å². The minimum atomic E-state index is 0.433. The van der Waals surface area contributed by atoms with E-state index in [-0.39, 0.29) is 0 Å². The van der Waals surface area contributed by atoms with E-state index in [1.54, 1.807) is 0 Å². The Morgan fingerprint density at radius 3 is 2.36 bits per heavy atom. The molecule has 0 aromatic heterocycles. The monoisotopic (exact) mass is 173 g/mol. The molecule has 1 aliphatic rings. The molecule has 2 heteroatoms. The molecule has 66 valence electrons. The van der Waals surface area contributed by atoms with E-state index < -0.39 is 0 Å². The van der Waals surface area contributed by atoms with Crippen molar-refractivity contribution in [2.45, 2.75) is 44.9 Å². The molecule has 2 atom stereocenters. The third kappa shape index (κ3) is 2.68. The van der Waals surface area contributed by atoms with Gasteiger partial charge in [0, 0.05) is 11.3 Å². The molecule has 0 bridgehead atoms. The quantitative estimate of drug-likeness (QED) is 0.608. The van der Waals surface area contributed by atoms with Crippen LogP contribution in [0.2, 0.25) is 0 Å². The standard InChI is InChI=1S/C9H19NS/c1-9(2,3)8-6-7(10)4-5-11-8/h7-8H,4-6,10H2,1-3H3. The van der Waals surface area contributed by atoms with Crippen LogP contribution in [-0.4, -0.2) is 17.0 Å². The van der Waals surface area contributed by atoms with Crippen molar-refractivity contribution in [3.8, 4) is 0 Å². The maximum absolute atomic E-state index is 5.91. The Balaban J connectivity index is 2.46. The highest BCUT2D eigenvalue weighted by molar-refractivity contribution is 8.00. The minimum Gasteiger partial charge on any atom is -0.328 e. The van der Waals surface area contributed by atoms with Gasteiger partial charge in [-0.3, -0.25) is 0 Å². The number of rotatable bonds is 0. The van der Waals surface area contributed by atoms with Crippen LogP contribution in [-0.2, 0) is 0 Å². The van der Waals surface area contributed by atoms with Gasteiger partial charge < -0.3 is 5.73 Å². The predicted octanol–water partition coefficient (Wildman–Crippen LogP) is 2.26. The summed E-state index contributed by atoms with van der Waals surface area (Å²) in [7, 11) is 0. The maximum Gasteiger partial charge on any atom is 0.0110 e. The zero-order valence-electron chi connectivity index (χ0n) is 7.76. The third-order valence-electron chi connectivity index (χ3n) is 2.29. The van der Waals surface area contributed by atoms with Gasteiger partial charge in [-0.25, -0.2) is 0 Å². The summed E-state index contributed by atoms with van der Waals surface area (Å²) >= 11 is 2.09. The van der Waals surface area contributed by atoms with Crippen LogP contribution in [0.5, 0.6) is 0 Å². The van der Waals surface area contributed by atoms with Crippen molar-refractivity contribution in [1.82, 2.24) is 0 Å². The van der Waals surface area contributed by atoms with Crippen molar-refractivity contribution < 1.29 is 0 Å². The lowest BCUT2D eigenvalue weighted by molar-refractivity contribution is 0.353. The van der Waals surface area contributed by atoms with E-state index >= 15 is 0 Å². The Bertz CT molecular complexity index is 128. The SMILES string of the molecule is CC(C)(C)C1CC(N)CCS1. The fraction of sp³-hybridized carbons (Fsp3) is 1.00. The van der Waals surface area contributed by atoms with Gasteiger partial charge in [-0.15, -0.1) is 0 Å². The second-order valence-electron chi connectivity index (χ2n) is 4.51. The molecule has 0 saturated carbocycles. The van der Waals surface area contributed by atoms with Crippen LogP contribution in [0.3, 0.4) is 0 Å². The highest BCUT2D eigenvalue weighted by atomic mass is 32.2. The van der Waals surface area contributed by atoms with Crippen LogP contribution in [0.25, 0.3) is 0 Å². The minimum absolute atomic E-state index is 0.433. The van der Waals surface area contributed by atoms with Crippen LogP contribution in [0.1, 0.15) is 33.6 Å². The number of nitrogens with two attached hydrogens (primary N) is 1. The molecule has 1 rings (SSSR count). The third-order valence-corrected chi connectivity index (χ3v) is 4.06. The smallest absolute Gasteiger partial charge is 0.0110 e. The predicted molar refractivity (Wildman–Crippen MR) is 52.9 cm³/mol. The first-order valence-corrected chi connectivity index (χ1v) is 5.42. The molecule has 1 saturated heterocycles. The molecule has 11 heavy (non-hydrogen) atoms. The van der Waals surface area contributed by atoms with Crippen molar-refractivity contribution in [1.29, 1.82) is 0 Å². The van der Waals surface area contributed by atoms with Crippen molar-refractivity contribution in [2.24, 2.45) is 11.1 Å². The summed E-state index contributed by atoms with van der Waals surface area (Å²) in [6.45, 7) is 6.92. The summed E-state index contributed by atoms with van der Waals surface area (Å²) in [5.74, 6) is 1.25. The maximum atomic E-state index is 5.91. The van der Waals surface area contributed by atoms with Gasteiger partial charge in [0.05, 0.1) is 0 Å². The van der Waals surface area contributed by atoms with Gasteiger partial charge in [-0.2, -0.15) is 11.8 Å². The largest absolute Gasteiger partial charge is 0.328 e. The fourth-order valence-corrected chi connectivity index (χ4v) is 3.03. The van der Waals surface area contributed by atoms with E-state index in [1.165, 1.54) is 18.6 Å². The Kier molecular flexibility index (Phi) is 2.87. The van der Waals surface area contributed by atoms with Gasteiger partial charge in [-0.1, -0.05) is 20.8 Å². The zero-order valence-corrected chi connectivity index (χ0v) is 8.58. The molecule has 1 aliphatic heterocycles. The van der Waals surface area contributed by atoms with Gasteiger partial charge in [0.2, 0.25) is 0 Å². The van der Waals surface area contributed by atoms with E-state index in [1.807, 2.05) is 0 Å². The molecular formula is C9H19NS.